The molecule has 0 bridgehead atoms. The van der Waals surface area contributed by atoms with Gasteiger partial charge in [-0.2, -0.15) is 0 Å². The molecule has 10 nitrogen and oxygen atoms in total. The first-order valence-corrected chi connectivity index (χ1v) is 17.6. The molecule has 1 N–H and O–H groups in total. The number of piperazine rings is 1. The van der Waals surface area contributed by atoms with Gasteiger partial charge in [-0.15, -0.1) is 0 Å². The molecule has 2 aromatic rings. The Morgan fingerprint density at radius 1 is 0.867 bits per heavy atom. The maximum absolute atomic E-state index is 13.9. The van der Waals surface area contributed by atoms with E-state index < -0.39 is 12.2 Å². The second kappa shape index (κ2) is 14.4. The zero-order valence-electron chi connectivity index (χ0n) is 25.8. The molecule has 0 spiro atoms. The van der Waals surface area contributed by atoms with Crippen molar-refractivity contribution >= 4 is 55.6 Å². The first-order chi connectivity index (χ1) is 21.7. The molecule has 0 aliphatic carbocycles. The summed E-state index contributed by atoms with van der Waals surface area (Å²) in [5.41, 5.74) is 2.86. The average Bonchev–Trinajstić information content (AvgIpc) is 3.06. The summed E-state index contributed by atoms with van der Waals surface area (Å²) >= 11 is 7.08. The number of piperidine rings is 2. The number of anilines is 1. The van der Waals surface area contributed by atoms with Crippen molar-refractivity contribution in [2.24, 2.45) is 0 Å². The minimum atomic E-state index is -0.914. The minimum Gasteiger partial charge on any atom is -0.436 e. The number of likely N-dealkylation sites (tertiary alicyclic amines) is 2. The van der Waals surface area contributed by atoms with Crippen LogP contribution in [0, 0.1) is 0 Å². The topological polar surface area (TPSA) is 88.7 Å². The van der Waals surface area contributed by atoms with Crippen molar-refractivity contribution in [3.8, 4) is 0 Å². The van der Waals surface area contributed by atoms with Gasteiger partial charge in [-0.05, 0) is 107 Å². The number of carbonyl (C=O) groups is 3. The number of para-hydroxylation sites is 1. The summed E-state index contributed by atoms with van der Waals surface area (Å²) < 4.78 is 7.85. The lowest BCUT2D eigenvalue weighted by Crippen LogP contribution is -2.56. The largest absolute Gasteiger partial charge is 0.436 e. The molecule has 4 amide bonds. The number of nitrogens with one attached hydrogen (secondary N) is 1. The third-order valence-electron chi connectivity index (χ3n) is 9.78. The van der Waals surface area contributed by atoms with Crippen LogP contribution in [0.25, 0.3) is 0 Å². The molecule has 6 rings (SSSR count). The van der Waals surface area contributed by atoms with Crippen molar-refractivity contribution in [1.82, 2.24) is 24.5 Å². The smallest absolute Gasteiger partial charge is 0.410 e. The number of rotatable bonds is 6. The van der Waals surface area contributed by atoms with Crippen LogP contribution in [0.4, 0.5) is 15.3 Å². The molecule has 0 unspecified atom stereocenters. The number of amides is 4. The van der Waals surface area contributed by atoms with Crippen LogP contribution in [0.1, 0.15) is 36.8 Å². The second-order valence-corrected chi connectivity index (χ2v) is 14.4. The fourth-order valence-electron chi connectivity index (χ4n) is 7.00. The Morgan fingerprint density at radius 3 is 2.27 bits per heavy atom. The van der Waals surface area contributed by atoms with E-state index in [0.717, 1.165) is 64.8 Å². The number of benzene rings is 2. The number of carbonyl (C=O) groups excluding carboxylic acids is 3. The highest BCUT2D eigenvalue weighted by atomic mass is 79.9. The van der Waals surface area contributed by atoms with E-state index in [2.05, 4.69) is 54.0 Å². The van der Waals surface area contributed by atoms with Crippen LogP contribution >= 0.6 is 31.9 Å². The number of urea groups is 1. The van der Waals surface area contributed by atoms with Crippen molar-refractivity contribution in [3.05, 3.63) is 62.5 Å². The molecule has 242 valence electrons. The van der Waals surface area contributed by atoms with E-state index in [-0.39, 0.29) is 18.0 Å². The van der Waals surface area contributed by atoms with Crippen LogP contribution in [0.2, 0.25) is 0 Å². The van der Waals surface area contributed by atoms with E-state index in [9.17, 15) is 14.4 Å². The fourth-order valence-corrected chi connectivity index (χ4v) is 7.68. The van der Waals surface area contributed by atoms with Gasteiger partial charge in [0.1, 0.15) is 0 Å². The fraction of sp³-hybridized carbons (Fsp3) is 0.545. The molecular weight excluding hydrogens is 704 g/mol. The molecule has 3 saturated heterocycles. The lowest BCUT2D eigenvalue weighted by molar-refractivity contribution is -0.143. The maximum Gasteiger partial charge on any atom is 0.410 e. The van der Waals surface area contributed by atoms with Crippen molar-refractivity contribution in [3.63, 3.8) is 0 Å². The molecular formula is C33H42Br2N6O4. The Kier molecular flexibility index (Phi) is 10.3. The predicted molar refractivity (Wildman–Crippen MR) is 180 cm³/mol. The third-order valence-corrected chi connectivity index (χ3v) is 11.7. The van der Waals surface area contributed by atoms with Crippen molar-refractivity contribution in [2.75, 3.05) is 64.7 Å². The van der Waals surface area contributed by atoms with Gasteiger partial charge in [-0.1, -0.05) is 24.3 Å². The summed E-state index contributed by atoms with van der Waals surface area (Å²) in [5, 5.41) is 2.99. The summed E-state index contributed by atoms with van der Waals surface area (Å²) in [7, 11) is 2.17. The summed E-state index contributed by atoms with van der Waals surface area (Å²) in [5.74, 6) is -0.135. The summed E-state index contributed by atoms with van der Waals surface area (Å²) in [4.78, 5) is 50.6. The van der Waals surface area contributed by atoms with Gasteiger partial charge in [0.05, 0.1) is 0 Å². The van der Waals surface area contributed by atoms with Gasteiger partial charge in [-0.25, -0.2) is 9.59 Å². The Balaban J connectivity index is 1.07. The van der Waals surface area contributed by atoms with E-state index in [1.807, 2.05) is 52.3 Å². The standard InChI is InChI=1S/C33H42Br2N6O4/c1-37-12-8-25(9-13-37)38-16-18-39(19-17-38)31(42)30(21-23-6-7-27(34)28(35)20-23)45-33(44)40-14-10-26(11-15-40)41-22-24-4-2-3-5-29(24)36-32(41)43/h2-7,20,25-26,30H,8-19,21-22H2,1H3,(H,36,43)/t30-/m1/s1. The normalized spacial score (nSPS) is 21.3. The van der Waals surface area contributed by atoms with Gasteiger partial charge in [-0.3, -0.25) is 9.69 Å². The number of ether oxygens (including phenoxy) is 1. The minimum absolute atomic E-state index is 0.0285. The Hall–Kier alpha value is -2.67. The third kappa shape index (κ3) is 7.66. The number of fused-ring (bicyclic) bond motifs is 1. The Bertz CT molecular complexity index is 1390. The van der Waals surface area contributed by atoms with Crippen molar-refractivity contribution in [2.45, 2.75) is 56.8 Å². The first-order valence-electron chi connectivity index (χ1n) is 16.0. The zero-order chi connectivity index (χ0) is 31.5. The highest BCUT2D eigenvalue weighted by Crippen LogP contribution is 2.29. The van der Waals surface area contributed by atoms with Crippen molar-refractivity contribution < 1.29 is 19.1 Å². The van der Waals surface area contributed by atoms with Gasteiger partial charge in [0, 0.05) is 79.0 Å². The van der Waals surface area contributed by atoms with Gasteiger partial charge < -0.3 is 29.7 Å². The molecule has 4 heterocycles. The Morgan fingerprint density at radius 2 is 1.56 bits per heavy atom. The van der Waals surface area contributed by atoms with Crippen LogP contribution < -0.4 is 5.32 Å². The lowest BCUT2D eigenvalue weighted by atomic mass is 10.0. The van der Waals surface area contributed by atoms with Crippen LogP contribution in [0.3, 0.4) is 0 Å². The molecule has 3 fully saturated rings. The van der Waals surface area contributed by atoms with Crippen LogP contribution in [0.5, 0.6) is 0 Å². The molecule has 12 heteroatoms. The molecule has 0 saturated carbocycles. The highest BCUT2D eigenvalue weighted by molar-refractivity contribution is 9.13. The summed E-state index contributed by atoms with van der Waals surface area (Å²) in [6.45, 7) is 6.66. The molecule has 4 aliphatic heterocycles. The molecule has 0 aromatic heterocycles. The highest BCUT2D eigenvalue weighted by Gasteiger charge is 2.36. The van der Waals surface area contributed by atoms with E-state index in [0.29, 0.717) is 58.0 Å². The summed E-state index contributed by atoms with van der Waals surface area (Å²) in [6.07, 6.45) is 2.55. The number of hydrogen-bond donors (Lipinski definition) is 1. The van der Waals surface area contributed by atoms with Crippen LogP contribution in [-0.2, 0) is 22.5 Å². The SMILES string of the molecule is CN1CCC(N2CCN(C(=O)[C@@H](Cc3ccc(Br)c(Br)c3)OC(=O)N3CCC(N4Cc5ccccc5NC4=O)CC3)CC2)CC1. The first kappa shape index (κ1) is 32.3. The van der Waals surface area contributed by atoms with Gasteiger partial charge in [0.25, 0.3) is 5.91 Å². The lowest BCUT2D eigenvalue weighted by Gasteiger charge is -2.43. The number of hydrogen-bond acceptors (Lipinski definition) is 6. The Labute approximate surface area is 282 Å². The molecule has 0 radical (unpaired) electrons. The van der Waals surface area contributed by atoms with E-state index in [1.165, 1.54) is 0 Å². The molecule has 4 aliphatic rings. The monoisotopic (exact) mass is 744 g/mol. The molecule has 45 heavy (non-hydrogen) atoms. The average molecular weight is 747 g/mol. The molecule has 2 aromatic carbocycles. The summed E-state index contributed by atoms with van der Waals surface area (Å²) in [6, 6.07) is 14.2. The van der Waals surface area contributed by atoms with E-state index in [1.54, 1.807) is 4.90 Å². The maximum atomic E-state index is 13.9. The predicted octanol–water partition coefficient (Wildman–Crippen LogP) is 5.01. The van der Waals surface area contributed by atoms with Gasteiger partial charge in [0.15, 0.2) is 6.10 Å². The second-order valence-electron chi connectivity index (χ2n) is 12.7. The van der Waals surface area contributed by atoms with Crippen molar-refractivity contribution in [1.29, 1.82) is 0 Å². The van der Waals surface area contributed by atoms with E-state index >= 15 is 0 Å². The molecule has 1 atom stereocenters. The van der Waals surface area contributed by atoms with E-state index in [4.69, 9.17) is 4.74 Å². The zero-order valence-corrected chi connectivity index (χ0v) is 29.0. The van der Waals surface area contributed by atoms with Gasteiger partial charge >= 0.3 is 12.1 Å². The quantitative estimate of drug-likeness (QED) is 0.448. The van der Waals surface area contributed by atoms with Gasteiger partial charge in [0.2, 0.25) is 0 Å². The van der Waals surface area contributed by atoms with Crippen LogP contribution in [-0.4, -0.2) is 120 Å². The number of halogens is 2. The van der Waals surface area contributed by atoms with Crippen LogP contribution in [0.15, 0.2) is 51.4 Å². The number of nitrogens with zero attached hydrogens (tertiary/aromatic N) is 5.